The first-order valence-electron chi connectivity index (χ1n) is 6.72. The summed E-state index contributed by atoms with van der Waals surface area (Å²) in [5, 5.41) is 1.99. The third-order valence-corrected chi connectivity index (χ3v) is 4.46. The lowest BCUT2D eigenvalue weighted by atomic mass is 10.1. The Morgan fingerprint density at radius 2 is 2.00 bits per heavy atom. The molecule has 0 bridgehead atoms. The molecule has 1 aliphatic heterocycles. The number of epoxide rings is 1. The number of halogens is 6. The van der Waals surface area contributed by atoms with Crippen LogP contribution >= 0.6 is 11.8 Å². The monoisotopic (exact) mass is 361 g/mol. The summed E-state index contributed by atoms with van der Waals surface area (Å²) in [7, 11) is 0. The number of amides is 1. The summed E-state index contributed by atoms with van der Waals surface area (Å²) in [5.74, 6) is -1.16. The normalized spacial score (nSPS) is 27.6. The van der Waals surface area contributed by atoms with E-state index < -0.39 is 42.6 Å². The Kier molecular flexibility index (Phi) is 5.37. The maximum absolute atomic E-state index is 12.2. The van der Waals surface area contributed by atoms with Crippen LogP contribution in [0.4, 0.5) is 26.3 Å². The van der Waals surface area contributed by atoms with Gasteiger partial charge in [-0.3, -0.25) is 4.79 Å². The van der Waals surface area contributed by atoms with Gasteiger partial charge >= 0.3 is 12.4 Å². The molecule has 0 radical (unpaired) electrons. The van der Waals surface area contributed by atoms with E-state index in [4.69, 9.17) is 4.74 Å². The topological polar surface area (TPSA) is 41.6 Å². The van der Waals surface area contributed by atoms with Crippen molar-refractivity contribution in [3.05, 3.63) is 17.5 Å². The van der Waals surface area contributed by atoms with Gasteiger partial charge in [-0.25, -0.2) is 0 Å². The number of thioether (sulfide) groups is 1. The maximum Gasteiger partial charge on any atom is 0.397 e. The Hall–Kier alpha value is -1.12. The SMILES string of the molecule is O=C(CC(F)(F)F)NC1=C=CC(SC2OC2CC(F)(F)F)CC1. The highest BCUT2D eigenvalue weighted by atomic mass is 32.2. The highest BCUT2D eigenvalue weighted by Gasteiger charge is 2.47. The molecule has 2 aliphatic rings. The zero-order valence-electron chi connectivity index (χ0n) is 11.6. The fourth-order valence-corrected chi connectivity index (χ4v) is 3.25. The van der Waals surface area contributed by atoms with Crippen LogP contribution in [0.15, 0.2) is 17.5 Å². The molecule has 0 aromatic heterocycles. The van der Waals surface area contributed by atoms with E-state index in [0.717, 1.165) is 0 Å². The lowest BCUT2D eigenvalue weighted by Gasteiger charge is -2.16. The zero-order valence-corrected chi connectivity index (χ0v) is 12.4. The Labute approximate surface area is 132 Å². The van der Waals surface area contributed by atoms with Gasteiger partial charge in [-0.2, -0.15) is 26.3 Å². The average Bonchev–Trinajstić information content (AvgIpc) is 3.04. The standard InChI is InChI=1S/C13H13F6NO2S/c14-12(15,16)5-9-11(22-9)23-8-3-1-7(2-4-8)20-10(21)6-13(17,18)19/h4,8-9,11H,1,3,5-6H2,(H,20,21). The molecule has 23 heavy (non-hydrogen) atoms. The van der Waals surface area contributed by atoms with Crippen molar-refractivity contribution in [1.82, 2.24) is 5.32 Å². The number of hydrogen-bond acceptors (Lipinski definition) is 3. The van der Waals surface area contributed by atoms with E-state index in [0.29, 0.717) is 12.8 Å². The van der Waals surface area contributed by atoms with Crippen molar-refractivity contribution in [1.29, 1.82) is 0 Å². The van der Waals surface area contributed by atoms with Crippen LogP contribution < -0.4 is 5.32 Å². The first-order valence-corrected chi connectivity index (χ1v) is 7.66. The second-order valence-corrected chi connectivity index (χ2v) is 6.55. The van der Waals surface area contributed by atoms with Crippen LogP contribution in [0, 0.1) is 0 Å². The highest BCUT2D eigenvalue weighted by molar-refractivity contribution is 8.00. The lowest BCUT2D eigenvalue weighted by molar-refractivity contribution is -0.153. The predicted molar refractivity (Wildman–Crippen MR) is 70.4 cm³/mol. The van der Waals surface area contributed by atoms with Crippen molar-refractivity contribution in [2.24, 2.45) is 0 Å². The number of nitrogens with one attached hydrogen (secondary N) is 1. The minimum Gasteiger partial charge on any atom is -0.358 e. The van der Waals surface area contributed by atoms with E-state index in [9.17, 15) is 31.1 Å². The number of ether oxygens (including phenoxy) is 1. The summed E-state index contributed by atoms with van der Waals surface area (Å²) in [5.41, 5.74) is 2.40. The summed E-state index contributed by atoms with van der Waals surface area (Å²) in [4.78, 5) is 11.1. The van der Waals surface area contributed by atoms with E-state index in [1.54, 1.807) is 0 Å². The highest BCUT2D eigenvalue weighted by Crippen LogP contribution is 2.43. The van der Waals surface area contributed by atoms with Crippen molar-refractivity contribution >= 4 is 17.7 Å². The van der Waals surface area contributed by atoms with Gasteiger partial charge < -0.3 is 10.1 Å². The van der Waals surface area contributed by atoms with Crippen molar-refractivity contribution in [3.63, 3.8) is 0 Å². The molecule has 1 fully saturated rings. The number of rotatable bonds is 5. The van der Waals surface area contributed by atoms with Crippen molar-refractivity contribution < 1.29 is 35.9 Å². The second-order valence-electron chi connectivity index (χ2n) is 5.21. The molecule has 2 rings (SSSR count). The number of alkyl halides is 6. The zero-order chi connectivity index (χ0) is 17.3. The van der Waals surface area contributed by atoms with E-state index >= 15 is 0 Å². The molecular weight excluding hydrogens is 348 g/mol. The van der Waals surface area contributed by atoms with Gasteiger partial charge in [-0.1, -0.05) is 0 Å². The van der Waals surface area contributed by atoms with Gasteiger partial charge in [0.25, 0.3) is 0 Å². The summed E-state index contributed by atoms with van der Waals surface area (Å²) in [6, 6.07) is 0. The third kappa shape index (κ3) is 6.88. The number of hydrogen-bond donors (Lipinski definition) is 1. The molecule has 1 heterocycles. The Morgan fingerprint density at radius 3 is 2.52 bits per heavy atom. The predicted octanol–water partition coefficient (Wildman–Crippen LogP) is 3.67. The van der Waals surface area contributed by atoms with Crippen molar-refractivity contribution in [2.75, 3.05) is 0 Å². The number of carbonyl (C=O) groups is 1. The minimum absolute atomic E-state index is 0.137. The quantitative estimate of drug-likeness (QED) is 0.462. The number of carbonyl (C=O) groups excluding carboxylic acids is 1. The van der Waals surface area contributed by atoms with Crippen LogP contribution in [0.3, 0.4) is 0 Å². The molecule has 3 atom stereocenters. The van der Waals surface area contributed by atoms with Gasteiger partial charge in [0.15, 0.2) is 0 Å². The molecule has 1 aliphatic carbocycles. The Bertz CT molecular complexity index is 524. The van der Waals surface area contributed by atoms with Crippen LogP contribution in [-0.4, -0.2) is 35.0 Å². The average molecular weight is 361 g/mol. The maximum atomic E-state index is 12.2. The molecule has 1 amide bonds. The summed E-state index contributed by atoms with van der Waals surface area (Å²) < 4.78 is 77.5. The van der Waals surface area contributed by atoms with E-state index in [1.165, 1.54) is 17.8 Å². The molecular formula is C13H13F6NO2S. The fourth-order valence-electron chi connectivity index (χ4n) is 2.03. The first-order chi connectivity index (χ1) is 10.5. The molecule has 0 aromatic carbocycles. The van der Waals surface area contributed by atoms with Gasteiger partial charge in [0.1, 0.15) is 18.0 Å². The molecule has 0 spiro atoms. The molecule has 0 saturated carbocycles. The molecule has 1 saturated heterocycles. The smallest absolute Gasteiger partial charge is 0.358 e. The largest absolute Gasteiger partial charge is 0.397 e. The van der Waals surface area contributed by atoms with Crippen LogP contribution in [0.25, 0.3) is 0 Å². The molecule has 3 nitrogen and oxygen atoms in total. The van der Waals surface area contributed by atoms with E-state index in [1.807, 2.05) is 0 Å². The van der Waals surface area contributed by atoms with Crippen molar-refractivity contribution in [3.8, 4) is 0 Å². The van der Waals surface area contributed by atoms with Gasteiger partial charge in [-0.05, 0) is 18.9 Å². The third-order valence-electron chi connectivity index (χ3n) is 3.05. The summed E-state index contributed by atoms with van der Waals surface area (Å²) >= 11 is 1.22. The lowest BCUT2D eigenvalue weighted by Crippen LogP contribution is -2.28. The molecule has 3 unspecified atom stereocenters. The summed E-state index contributed by atoms with van der Waals surface area (Å²) in [6.07, 6.45) is -9.92. The van der Waals surface area contributed by atoms with Gasteiger partial charge in [0.05, 0.1) is 12.1 Å². The van der Waals surface area contributed by atoms with Crippen LogP contribution in [-0.2, 0) is 9.53 Å². The van der Waals surface area contributed by atoms with Gasteiger partial charge in [0.2, 0.25) is 5.91 Å². The molecule has 1 N–H and O–H groups in total. The van der Waals surface area contributed by atoms with Crippen LogP contribution in [0.1, 0.15) is 25.7 Å². The first kappa shape index (κ1) is 18.2. The second kappa shape index (κ2) is 6.78. The van der Waals surface area contributed by atoms with Gasteiger partial charge in [-0.15, -0.1) is 17.5 Å². The van der Waals surface area contributed by atoms with Crippen LogP contribution in [0.2, 0.25) is 0 Å². The Balaban J connectivity index is 1.77. The van der Waals surface area contributed by atoms with E-state index in [-0.39, 0.29) is 10.9 Å². The van der Waals surface area contributed by atoms with Crippen molar-refractivity contribution in [2.45, 2.75) is 54.8 Å². The van der Waals surface area contributed by atoms with Gasteiger partial charge in [0, 0.05) is 5.25 Å². The molecule has 10 heteroatoms. The molecule has 0 aromatic rings. The minimum atomic E-state index is -4.57. The fraction of sp³-hybridized carbons (Fsp3) is 0.692. The Morgan fingerprint density at radius 1 is 1.30 bits per heavy atom. The van der Waals surface area contributed by atoms with E-state index in [2.05, 4.69) is 11.0 Å². The summed E-state index contributed by atoms with van der Waals surface area (Å²) in [6.45, 7) is 0. The molecule has 130 valence electrons. The van der Waals surface area contributed by atoms with Crippen LogP contribution in [0.5, 0.6) is 0 Å².